The largest absolute Gasteiger partial charge is 0.102 e. The molecule has 0 aromatic heterocycles. The zero-order valence-corrected chi connectivity index (χ0v) is 12.2. The minimum absolute atomic E-state index is 0.524. The summed E-state index contributed by atoms with van der Waals surface area (Å²) >= 11 is 7.01. The Bertz CT molecular complexity index is 123. The Labute approximate surface area is 106 Å². The number of hydrogen-bond donors (Lipinski definition) is 0. The molecule has 0 heterocycles. The third-order valence-corrected chi connectivity index (χ3v) is 3.76. The summed E-state index contributed by atoms with van der Waals surface area (Å²) in [5, 5.41) is 1.16. The Morgan fingerprint density at radius 3 is 1.93 bits per heavy atom. The zero-order chi connectivity index (χ0) is 10.6. The van der Waals surface area contributed by atoms with Crippen molar-refractivity contribution in [3.63, 3.8) is 0 Å². The molecule has 0 nitrogen and oxygen atoms in total. The van der Waals surface area contributed by atoms with Crippen molar-refractivity contribution in [2.45, 2.75) is 56.2 Å². The molecule has 2 heteroatoms. The van der Waals surface area contributed by atoms with Crippen LogP contribution in [0.25, 0.3) is 0 Å². The van der Waals surface area contributed by atoms with E-state index in [4.69, 9.17) is 0 Å². The van der Waals surface area contributed by atoms with Gasteiger partial charge in [0.25, 0.3) is 0 Å². The van der Waals surface area contributed by atoms with E-state index in [1.807, 2.05) is 6.08 Å². The number of rotatable bonds is 10. The van der Waals surface area contributed by atoms with Gasteiger partial charge in [-0.25, -0.2) is 0 Å². The van der Waals surface area contributed by atoms with E-state index >= 15 is 0 Å². The third kappa shape index (κ3) is 10.8. The molecule has 14 heavy (non-hydrogen) atoms. The van der Waals surface area contributed by atoms with Crippen LogP contribution < -0.4 is 0 Å². The minimum atomic E-state index is 0.524. The van der Waals surface area contributed by atoms with E-state index in [0.29, 0.717) is 4.83 Å². The topological polar surface area (TPSA) is 0 Å². The molecule has 84 valence electrons. The summed E-state index contributed by atoms with van der Waals surface area (Å²) in [5.74, 6) is 0. The molecule has 1 atom stereocenters. The maximum atomic E-state index is 3.76. The first-order valence-corrected chi connectivity index (χ1v) is 7.67. The second-order valence-electron chi connectivity index (χ2n) is 3.70. The molecule has 0 N–H and O–H groups in total. The quantitative estimate of drug-likeness (QED) is 0.284. The van der Waals surface area contributed by atoms with Crippen molar-refractivity contribution in [1.29, 1.82) is 0 Å². The van der Waals surface area contributed by atoms with E-state index in [1.54, 1.807) is 0 Å². The van der Waals surface area contributed by atoms with Gasteiger partial charge in [0.2, 0.25) is 0 Å². The second-order valence-corrected chi connectivity index (χ2v) is 5.67. The molecule has 0 aromatic carbocycles. The average molecular weight is 326 g/mol. The lowest BCUT2D eigenvalue weighted by atomic mass is 10.1. The molecular weight excluding hydrogens is 304 g/mol. The van der Waals surface area contributed by atoms with Gasteiger partial charge in [-0.15, -0.1) is 6.58 Å². The van der Waals surface area contributed by atoms with Crippen LogP contribution >= 0.6 is 31.9 Å². The molecule has 0 saturated carbocycles. The number of unbranched alkanes of at least 4 members (excludes halogenated alkanes) is 6. The van der Waals surface area contributed by atoms with Crippen LogP contribution in [-0.2, 0) is 0 Å². The number of alkyl halides is 2. The molecule has 0 spiro atoms. The van der Waals surface area contributed by atoms with Crippen molar-refractivity contribution in [3.05, 3.63) is 12.7 Å². The fraction of sp³-hybridized carbons (Fsp3) is 0.833. The Hall–Kier alpha value is 0.700. The minimum Gasteiger partial charge on any atom is -0.102 e. The number of hydrogen-bond acceptors (Lipinski definition) is 0. The Balaban J connectivity index is 2.95. The molecule has 0 radical (unpaired) electrons. The van der Waals surface area contributed by atoms with Crippen LogP contribution in [0.5, 0.6) is 0 Å². The molecule has 0 saturated heterocycles. The molecule has 0 rings (SSSR count). The molecule has 0 aliphatic carbocycles. The smallest absolute Gasteiger partial charge is 0.0322 e. The number of allylic oxidation sites excluding steroid dienone is 1. The van der Waals surface area contributed by atoms with E-state index in [2.05, 4.69) is 38.4 Å². The molecule has 1 unspecified atom stereocenters. The summed E-state index contributed by atoms with van der Waals surface area (Å²) in [6.45, 7) is 3.76. The summed E-state index contributed by atoms with van der Waals surface area (Å²) in [6.07, 6.45) is 12.9. The fourth-order valence-corrected chi connectivity index (χ4v) is 2.16. The molecule has 0 amide bonds. The molecule has 0 aliphatic heterocycles. The highest BCUT2D eigenvalue weighted by atomic mass is 79.9. The van der Waals surface area contributed by atoms with E-state index < -0.39 is 0 Å². The van der Waals surface area contributed by atoms with E-state index in [0.717, 1.165) is 5.33 Å². The Kier molecular flexibility index (Phi) is 12.4. The molecule has 0 aliphatic rings. The first kappa shape index (κ1) is 14.7. The SMILES string of the molecule is C=CC(Br)CCCCCCCCCBr. The second kappa shape index (κ2) is 11.8. The van der Waals surface area contributed by atoms with E-state index in [-0.39, 0.29) is 0 Å². The maximum Gasteiger partial charge on any atom is 0.0322 e. The van der Waals surface area contributed by atoms with Crippen LogP contribution in [0.4, 0.5) is 0 Å². The summed E-state index contributed by atoms with van der Waals surface area (Å²) in [6, 6.07) is 0. The molecular formula is C12H22Br2. The number of halogens is 2. The molecule has 0 aromatic rings. The maximum absolute atomic E-state index is 3.76. The normalized spacial score (nSPS) is 12.7. The van der Waals surface area contributed by atoms with Gasteiger partial charge in [-0.3, -0.25) is 0 Å². The lowest BCUT2D eigenvalue weighted by Crippen LogP contribution is -1.91. The Morgan fingerprint density at radius 2 is 1.43 bits per heavy atom. The van der Waals surface area contributed by atoms with Crippen molar-refractivity contribution >= 4 is 31.9 Å². The van der Waals surface area contributed by atoms with Crippen LogP contribution in [-0.4, -0.2) is 10.2 Å². The fourth-order valence-electron chi connectivity index (χ4n) is 1.44. The lowest BCUT2D eigenvalue weighted by molar-refractivity contribution is 0.582. The van der Waals surface area contributed by atoms with Crippen molar-refractivity contribution in [2.75, 3.05) is 5.33 Å². The van der Waals surface area contributed by atoms with Gasteiger partial charge in [0.1, 0.15) is 0 Å². The van der Waals surface area contributed by atoms with Crippen LogP contribution in [0.1, 0.15) is 51.4 Å². The Morgan fingerprint density at radius 1 is 0.929 bits per heavy atom. The average Bonchev–Trinajstić information content (AvgIpc) is 2.21. The van der Waals surface area contributed by atoms with Gasteiger partial charge >= 0.3 is 0 Å². The van der Waals surface area contributed by atoms with Crippen LogP contribution in [0.3, 0.4) is 0 Å². The first-order chi connectivity index (χ1) is 6.81. The highest BCUT2D eigenvalue weighted by Gasteiger charge is 1.97. The van der Waals surface area contributed by atoms with Crippen molar-refractivity contribution in [3.8, 4) is 0 Å². The van der Waals surface area contributed by atoms with Crippen molar-refractivity contribution < 1.29 is 0 Å². The zero-order valence-electron chi connectivity index (χ0n) is 8.98. The third-order valence-electron chi connectivity index (χ3n) is 2.37. The molecule has 0 bridgehead atoms. The first-order valence-electron chi connectivity index (χ1n) is 5.64. The van der Waals surface area contributed by atoms with E-state index in [1.165, 1.54) is 51.4 Å². The summed E-state index contributed by atoms with van der Waals surface area (Å²) in [4.78, 5) is 0.524. The molecule has 0 fully saturated rings. The van der Waals surface area contributed by atoms with Gasteiger partial charge in [-0.05, 0) is 12.8 Å². The summed E-state index contributed by atoms with van der Waals surface area (Å²) in [5.41, 5.74) is 0. The van der Waals surface area contributed by atoms with Crippen LogP contribution in [0.15, 0.2) is 12.7 Å². The van der Waals surface area contributed by atoms with Gasteiger partial charge in [-0.1, -0.05) is 76.5 Å². The van der Waals surface area contributed by atoms with Crippen LogP contribution in [0, 0.1) is 0 Å². The lowest BCUT2D eigenvalue weighted by Gasteiger charge is -2.03. The summed E-state index contributed by atoms with van der Waals surface area (Å²) < 4.78 is 0. The van der Waals surface area contributed by atoms with Gasteiger partial charge < -0.3 is 0 Å². The predicted octanol–water partition coefficient (Wildman–Crippen LogP) is 5.45. The highest BCUT2D eigenvalue weighted by molar-refractivity contribution is 9.09. The van der Waals surface area contributed by atoms with Gasteiger partial charge in [-0.2, -0.15) is 0 Å². The van der Waals surface area contributed by atoms with Gasteiger partial charge in [0, 0.05) is 10.2 Å². The van der Waals surface area contributed by atoms with E-state index in [9.17, 15) is 0 Å². The van der Waals surface area contributed by atoms with Gasteiger partial charge in [0.15, 0.2) is 0 Å². The summed E-state index contributed by atoms with van der Waals surface area (Å²) in [7, 11) is 0. The van der Waals surface area contributed by atoms with Crippen LogP contribution in [0.2, 0.25) is 0 Å². The monoisotopic (exact) mass is 324 g/mol. The predicted molar refractivity (Wildman–Crippen MR) is 73.6 cm³/mol. The van der Waals surface area contributed by atoms with Gasteiger partial charge in [0.05, 0.1) is 0 Å². The van der Waals surface area contributed by atoms with Crippen molar-refractivity contribution in [2.24, 2.45) is 0 Å². The standard InChI is InChI=1S/C12H22Br2/c1-2-12(14)10-8-6-4-3-5-7-9-11-13/h2,12H,1,3-11H2. The van der Waals surface area contributed by atoms with Crippen molar-refractivity contribution in [1.82, 2.24) is 0 Å². The highest BCUT2D eigenvalue weighted by Crippen LogP contribution is 2.14.